The van der Waals surface area contributed by atoms with Crippen LogP contribution in [0.3, 0.4) is 0 Å². The molecule has 4 N–H and O–H groups in total. The zero-order chi connectivity index (χ0) is 23.8. The lowest BCUT2D eigenvalue weighted by Crippen LogP contribution is -2.40. The van der Waals surface area contributed by atoms with Crippen LogP contribution in [0.4, 0.5) is 0 Å². The molecule has 2 atom stereocenters. The van der Waals surface area contributed by atoms with Crippen LogP contribution in [-0.4, -0.2) is 55.2 Å². The van der Waals surface area contributed by atoms with Gasteiger partial charge in [-0.05, 0) is 44.0 Å². The molecule has 1 aliphatic heterocycles. The number of hydrogen-bond donors (Lipinski definition) is 3. The molecular formula is C18H23N3O8S3. The van der Waals surface area contributed by atoms with Gasteiger partial charge in [0.2, 0.25) is 10.0 Å². The Bertz CT molecular complexity index is 1220. The number of thiophene rings is 1. The number of rotatable bonds is 7. The maximum absolute atomic E-state index is 13.3. The van der Waals surface area contributed by atoms with Crippen LogP contribution in [0.5, 0.6) is 0 Å². The van der Waals surface area contributed by atoms with Crippen LogP contribution < -0.4 is 5.14 Å². The van der Waals surface area contributed by atoms with E-state index in [9.17, 15) is 21.6 Å². The van der Waals surface area contributed by atoms with Gasteiger partial charge < -0.3 is 4.90 Å². The van der Waals surface area contributed by atoms with Crippen molar-refractivity contribution in [1.29, 1.82) is 0 Å². The highest BCUT2D eigenvalue weighted by molar-refractivity contribution is 7.95. The highest BCUT2D eigenvalue weighted by Gasteiger charge is 2.42. The molecule has 1 amide bonds. The fourth-order valence-corrected chi connectivity index (χ4v) is 8.00. The summed E-state index contributed by atoms with van der Waals surface area (Å²) in [6.07, 6.45) is 0.0997. The van der Waals surface area contributed by atoms with Crippen LogP contribution in [0.1, 0.15) is 47.8 Å². The number of hydrogen-bond acceptors (Lipinski definition) is 10. The van der Waals surface area contributed by atoms with Crippen LogP contribution in [0.15, 0.2) is 38.8 Å². The molecule has 2 aromatic rings. The maximum atomic E-state index is 13.3. The highest BCUT2D eigenvalue weighted by Crippen LogP contribution is 2.45. The summed E-state index contributed by atoms with van der Waals surface area (Å²) in [6.45, 7) is 3.29. The van der Waals surface area contributed by atoms with Crippen molar-refractivity contribution >= 4 is 37.1 Å². The van der Waals surface area contributed by atoms with E-state index in [-0.39, 0.29) is 39.1 Å². The quantitative estimate of drug-likeness (QED) is 0.474. The van der Waals surface area contributed by atoms with Crippen molar-refractivity contribution in [3.8, 4) is 0 Å². The van der Waals surface area contributed by atoms with Crippen molar-refractivity contribution in [3.05, 3.63) is 47.0 Å². The Kier molecular flexibility index (Phi) is 7.07. The van der Waals surface area contributed by atoms with E-state index in [1.807, 2.05) is 0 Å². The normalized spacial score (nSPS) is 20.2. The summed E-state index contributed by atoms with van der Waals surface area (Å²) in [7, 11) is -7.88. The Morgan fingerprint density at radius 3 is 2.59 bits per heavy atom. The number of sulfonamides is 1. The molecular weight excluding hydrogens is 482 g/mol. The predicted molar refractivity (Wildman–Crippen MR) is 113 cm³/mol. The van der Waals surface area contributed by atoms with Gasteiger partial charge in [0.1, 0.15) is 8.42 Å². The lowest BCUT2D eigenvalue weighted by molar-refractivity contribution is -0.497. The van der Waals surface area contributed by atoms with Gasteiger partial charge >= 0.3 is 0 Å². The molecule has 0 fully saturated rings. The smallest absolute Gasteiger partial charge is 0.254 e. The fourth-order valence-electron chi connectivity index (χ4n) is 3.60. The first-order valence-electron chi connectivity index (χ1n) is 9.47. The monoisotopic (exact) mass is 505 g/mol. The second-order valence-corrected chi connectivity index (χ2v) is 12.7. The number of benzene rings is 1. The average Bonchev–Trinajstić information content (AvgIpc) is 3.18. The van der Waals surface area contributed by atoms with E-state index in [0.717, 1.165) is 0 Å². The second kappa shape index (κ2) is 9.15. The number of carbonyl (C=O) groups is 1. The summed E-state index contributed by atoms with van der Waals surface area (Å²) < 4.78 is 49.0. The van der Waals surface area contributed by atoms with Crippen LogP contribution in [0, 0.1) is 0 Å². The first-order valence-corrected chi connectivity index (χ1v) is 13.4. The highest BCUT2D eigenvalue weighted by atomic mass is 32.3. The summed E-state index contributed by atoms with van der Waals surface area (Å²) in [5.41, 5.74) is 1.01. The minimum atomic E-state index is -4.12. The molecule has 32 heavy (non-hydrogen) atoms. The topological polar surface area (TPSA) is 168 Å². The molecule has 1 aliphatic rings. The molecule has 0 radical (unpaired) electrons. The third kappa shape index (κ3) is 4.87. The van der Waals surface area contributed by atoms with E-state index in [1.54, 1.807) is 25.1 Å². The van der Waals surface area contributed by atoms with Crippen LogP contribution in [0.25, 0.3) is 0 Å². The standard InChI is InChI=1S/C18H23N3O8S3/c1-3-20(17(22)13-6-4-5-12(8-13)10-29-21(23)24)15-7-11(2)31(25,26)18-14(15)9-16(30-18)32(19,27)28/h4-6,8-9,11,15,23-24H,3,7,10H2,1-2H3,(H2,19,27,28)/t11?,15-/m0/s1. The summed E-state index contributed by atoms with van der Waals surface area (Å²) in [4.78, 5) is 19.4. The van der Waals surface area contributed by atoms with Gasteiger partial charge in [0.15, 0.2) is 9.84 Å². The van der Waals surface area contributed by atoms with Gasteiger partial charge in [-0.2, -0.15) is 0 Å². The molecule has 1 unspecified atom stereocenters. The van der Waals surface area contributed by atoms with Gasteiger partial charge in [-0.15, -0.1) is 11.3 Å². The van der Waals surface area contributed by atoms with E-state index >= 15 is 0 Å². The Morgan fingerprint density at radius 1 is 1.31 bits per heavy atom. The lowest BCUT2D eigenvalue weighted by Gasteiger charge is -2.36. The third-order valence-electron chi connectivity index (χ3n) is 5.18. The van der Waals surface area contributed by atoms with Crippen molar-refractivity contribution in [2.75, 3.05) is 6.54 Å². The Morgan fingerprint density at radius 2 is 2.00 bits per heavy atom. The zero-order valence-corrected chi connectivity index (χ0v) is 19.7. The molecule has 2 heterocycles. The number of sulfone groups is 1. The van der Waals surface area contributed by atoms with Crippen LogP contribution in [-0.2, 0) is 31.3 Å². The van der Waals surface area contributed by atoms with Crippen molar-refractivity contribution in [1.82, 2.24) is 10.3 Å². The third-order valence-corrected chi connectivity index (χ3v) is 10.5. The molecule has 0 bridgehead atoms. The van der Waals surface area contributed by atoms with E-state index in [4.69, 9.17) is 15.6 Å². The molecule has 11 nitrogen and oxygen atoms in total. The van der Waals surface area contributed by atoms with Crippen molar-refractivity contribution in [2.24, 2.45) is 5.14 Å². The fraction of sp³-hybridized carbons (Fsp3) is 0.389. The van der Waals surface area contributed by atoms with Crippen molar-refractivity contribution < 1.29 is 36.9 Å². The molecule has 1 aromatic carbocycles. The van der Waals surface area contributed by atoms with E-state index in [1.165, 1.54) is 24.0 Å². The van der Waals surface area contributed by atoms with Crippen molar-refractivity contribution in [3.63, 3.8) is 0 Å². The number of fused-ring (bicyclic) bond motifs is 1. The van der Waals surface area contributed by atoms with Gasteiger partial charge in [-0.25, -0.2) is 26.8 Å². The summed E-state index contributed by atoms with van der Waals surface area (Å²) in [6, 6.07) is 6.88. The first kappa shape index (κ1) is 24.7. The van der Waals surface area contributed by atoms with Gasteiger partial charge in [0, 0.05) is 17.7 Å². The number of nitrogens with two attached hydrogens (primary N) is 1. The summed E-state index contributed by atoms with van der Waals surface area (Å²) in [5.74, 6) is -0.398. The lowest BCUT2D eigenvalue weighted by atomic mass is 10.0. The second-order valence-electron chi connectivity index (χ2n) is 7.28. The van der Waals surface area contributed by atoms with E-state index < -0.39 is 42.4 Å². The van der Waals surface area contributed by atoms with Crippen LogP contribution in [0.2, 0.25) is 0 Å². The molecule has 0 spiro atoms. The number of nitrogens with zero attached hydrogens (tertiary/aromatic N) is 2. The summed E-state index contributed by atoms with van der Waals surface area (Å²) >= 11 is 0.596. The molecule has 14 heteroatoms. The SMILES string of the molecule is CCN(C(=O)c1cccc(CON(O)O)c1)[C@H]1CC(C)S(=O)(=O)c2sc(S(N)(=O)=O)cc21. The number of carbonyl (C=O) groups excluding carboxylic acids is 1. The molecule has 0 saturated carbocycles. The van der Waals surface area contributed by atoms with Gasteiger partial charge in [-0.1, -0.05) is 12.1 Å². The molecule has 0 aliphatic carbocycles. The average molecular weight is 506 g/mol. The number of amides is 1. The maximum Gasteiger partial charge on any atom is 0.254 e. The molecule has 0 saturated heterocycles. The first-order chi connectivity index (χ1) is 14.9. The Hall–Kier alpha value is -1.91. The van der Waals surface area contributed by atoms with Crippen LogP contribution >= 0.6 is 11.3 Å². The molecule has 176 valence electrons. The van der Waals surface area contributed by atoms with E-state index in [0.29, 0.717) is 16.9 Å². The van der Waals surface area contributed by atoms with Gasteiger partial charge in [0.25, 0.3) is 5.91 Å². The zero-order valence-electron chi connectivity index (χ0n) is 17.2. The number of primary sulfonamides is 1. The van der Waals surface area contributed by atoms with Gasteiger partial charge in [-0.3, -0.25) is 15.2 Å². The summed E-state index contributed by atoms with van der Waals surface area (Å²) in [5, 5.41) is 21.4. The largest absolute Gasteiger partial charge is 0.332 e. The molecule has 3 rings (SSSR count). The molecule has 1 aromatic heterocycles. The predicted octanol–water partition coefficient (Wildman–Crippen LogP) is 1.68. The Balaban J connectivity index is 2.02. The Labute approximate surface area is 189 Å². The minimum absolute atomic E-state index is 0.0929. The minimum Gasteiger partial charge on any atom is -0.332 e. The van der Waals surface area contributed by atoms with E-state index in [2.05, 4.69) is 4.84 Å². The van der Waals surface area contributed by atoms with Crippen molar-refractivity contribution in [2.45, 2.75) is 46.6 Å². The van der Waals surface area contributed by atoms with Gasteiger partial charge in [0.05, 0.1) is 23.3 Å².